The van der Waals surface area contributed by atoms with E-state index in [0.717, 1.165) is 38.3 Å². The third-order valence-electron chi connectivity index (χ3n) is 9.02. The van der Waals surface area contributed by atoms with E-state index in [2.05, 4.69) is 68.7 Å². The first-order valence-corrected chi connectivity index (χ1v) is 12.8. The first kappa shape index (κ1) is 22.8. The molecule has 172 valence electrons. The Hall–Kier alpha value is -1.35. The van der Waals surface area contributed by atoms with Crippen molar-refractivity contribution in [2.75, 3.05) is 13.1 Å². The van der Waals surface area contributed by atoms with Gasteiger partial charge < -0.3 is 10.6 Å². The van der Waals surface area contributed by atoms with Crippen LogP contribution in [0.5, 0.6) is 0 Å². The standard InChI is InChI=1S/C28H44N2O/c1-5-28-18-23(16-26(3,19-28)24-9-7-6-8-10-24)17-27(4,20-28)25(31)30-21(2)15-22-11-13-29-14-12-22/h6-10,21-23,29H,5,11-20H2,1-4H3,(H,30,31)/t21?,23?,26-,27?,28?/m0/s1. The van der Waals surface area contributed by atoms with Gasteiger partial charge in [-0.2, -0.15) is 0 Å². The zero-order chi connectivity index (χ0) is 22.1. The third-order valence-corrected chi connectivity index (χ3v) is 9.02. The smallest absolute Gasteiger partial charge is 0.226 e. The molecule has 0 radical (unpaired) electrons. The predicted molar refractivity (Wildman–Crippen MR) is 129 cm³/mol. The number of hydrogen-bond acceptors (Lipinski definition) is 2. The van der Waals surface area contributed by atoms with Crippen LogP contribution in [0.25, 0.3) is 0 Å². The summed E-state index contributed by atoms with van der Waals surface area (Å²) in [6.07, 6.45) is 10.6. The fourth-order valence-electron chi connectivity index (χ4n) is 7.81. The molecule has 4 unspecified atom stereocenters. The van der Waals surface area contributed by atoms with Crippen molar-refractivity contribution < 1.29 is 4.79 Å². The normalized spacial score (nSPS) is 37.2. The number of piperidine rings is 1. The molecule has 2 N–H and O–H groups in total. The molecule has 3 fully saturated rings. The lowest BCUT2D eigenvalue weighted by atomic mass is 9.47. The Balaban J connectivity index is 1.45. The molecule has 0 aromatic heterocycles. The van der Waals surface area contributed by atoms with Gasteiger partial charge in [0.2, 0.25) is 5.91 Å². The van der Waals surface area contributed by atoms with Crippen molar-refractivity contribution in [1.82, 2.24) is 10.6 Å². The summed E-state index contributed by atoms with van der Waals surface area (Å²) in [4.78, 5) is 13.6. The van der Waals surface area contributed by atoms with Crippen LogP contribution in [0.15, 0.2) is 30.3 Å². The van der Waals surface area contributed by atoms with Crippen molar-refractivity contribution in [1.29, 1.82) is 0 Å². The van der Waals surface area contributed by atoms with Crippen LogP contribution >= 0.6 is 0 Å². The summed E-state index contributed by atoms with van der Waals surface area (Å²) in [5.41, 5.74) is 1.79. The van der Waals surface area contributed by atoms with Gasteiger partial charge in [0.15, 0.2) is 0 Å². The maximum absolute atomic E-state index is 13.6. The lowest BCUT2D eigenvalue weighted by Gasteiger charge is -2.57. The molecule has 5 atom stereocenters. The maximum Gasteiger partial charge on any atom is 0.226 e. The summed E-state index contributed by atoms with van der Waals surface area (Å²) in [5, 5.41) is 6.91. The average Bonchev–Trinajstić information content (AvgIpc) is 2.74. The quantitative estimate of drug-likeness (QED) is 0.603. The summed E-state index contributed by atoms with van der Waals surface area (Å²) in [6, 6.07) is 11.4. The first-order valence-electron chi connectivity index (χ1n) is 12.8. The van der Waals surface area contributed by atoms with Gasteiger partial charge in [-0.05, 0) is 99.6 Å². The highest BCUT2D eigenvalue weighted by molar-refractivity contribution is 5.82. The highest BCUT2D eigenvalue weighted by Gasteiger charge is 2.55. The Morgan fingerprint density at radius 1 is 1.10 bits per heavy atom. The minimum Gasteiger partial charge on any atom is -0.353 e. The van der Waals surface area contributed by atoms with Crippen LogP contribution in [0.2, 0.25) is 0 Å². The molecule has 0 spiro atoms. The van der Waals surface area contributed by atoms with Crippen LogP contribution in [0.3, 0.4) is 0 Å². The van der Waals surface area contributed by atoms with Crippen molar-refractivity contribution in [3.63, 3.8) is 0 Å². The van der Waals surface area contributed by atoms with Gasteiger partial charge in [0, 0.05) is 11.5 Å². The zero-order valence-corrected chi connectivity index (χ0v) is 20.3. The van der Waals surface area contributed by atoms with Gasteiger partial charge in [0.1, 0.15) is 0 Å². The van der Waals surface area contributed by atoms with Gasteiger partial charge >= 0.3 is 0 Å². The minimum absolute atomic E-state index is 0.223. The number of rotatable bonds is 6. The van der Waals surface area contributed by atoms with E-state index in [4.69, 9.17) is 0 Å². The topological polar surface area (TPSA) is 41.1 Å². The molecule has 3 nitrogen and oxygen atoms in total. The van der Waals surface area contributed by atoms with E-state index in [1.807, 2.05) is 0 Å². The van der Waals surface area contributed by atoms with E-state index in [9.17, 15) is 4.79 Å². The first-order chi connectivity index (χ1) is 14.8. The van der Waals surface area contributed by atoms with Crippen LogP contribution in [0, 0.1) is 22.7 Å². The Kier molecular flexibility index (Phi) is 6.54. The number of nitrogens with one attached hydrogen (secondary N) is 2. The predicted octanol–water partition coefficient (Wildman–Crippen LogP) is 5.84. The fraction of sp³-hybridized carbons (Fsp3) is 0.750. The molecule has 1 aromatic rings. The molecule has 1 aromatic carbocycles. The summed E-state index contributed by atoms with van der Waals surface area (Å²) in [7, 11) is 0. The highest BCUT2D eigenvalue weighted by atomic mass is 16.2. The van der Waals surface area contributed by atoms with E-state index in [0.29, 0.717) is 11.8 Å². The average molecular weight is 425 g/mol. The van der Waals surface area contributed by atoms with Gasteiger partial charge in [-0.3, -0.25) is 4.79 Å². The minimum atomic E-state index is -0.223. The van der Waals surface area contributed by atoms with Crippen molar-refractivity contribution in [2.24, 2.45) is 22.7 Å². The van der Waals surface area contributed by atoms with Gasteiger partial charge in [0.25, 0.3) is 0 Å². The molecule has 1 aliphatic heterocycles. The number of hydrogen-bond donors (Lipinski definition) is 2. The number of fused-ring (bicyclic) bond motifs is 2. The van der Waals surface area contributed by atoms with Crippen molar-refractivity contribution >= 4 is 5.91 Å². The zero-order valence-electron chi connectivity index (χ0n) is 20.3. The van der Waals surface area contributed by atoms with Crippen LogP contribution in [0.4, 0.5) is 0 Å². The second-order valence-electron chi connectivity index (χ2n) is 12.0. The molecule has 3 heteroatoms. The largest absolute Gasteiger partial charge is 0.353 e. The molecule has 3 aliphatic rings. The Morgan fingerprint density at radius 2 is 1.81 bits per heavy atom. The third kappa shape index (κ3) is 4.87. The summed E-state index contributed by atoms with van der Waals surface area (Å²) in [5.74, 6) is 1.71. The number of carbonyl (C=O) groups is 1. The second-order valence-corrected chi connectivity index (χ2v) is 12.0. The molecule has 1 heterocycles. The fourth-order valence-corrected chi connectivity index (χ4v) is 7.81. The van der Waals surface area contributed by atoms with Crippen molar-refractivity contribution in [2.45, 2.75) is 96.9 Å². The lowest BCUT2D eigenvalue weighted by Crippen LogP contribution is -2.54. The van der Waals surface area contributed by atoms with Gasteiger partial charge in [-0.25, -0.2) is 0 Å². The maximum atomic E-state index is 13.6. The van der Waals surface area contributed by atoms with Crippen LogP contribution in [0.1, 0.15) is 91.0 Å². The molecule has 2 bridgehead atoms. The number of amides is 1. The lowest BCUT2D eigenvalue weighted by molar-refractivity contribution is -0.141. The molecular formula is C28H44N2O. The number of carbonyl (C=O) groups excluding carboxylic acids is 1. The Labute approximate surface area is 190 Å². The van der Waals surface area contributed by atoms with Crippen LogP contribution < -0.4 is 10.6 Å². The van der Waals surface area contributed by atoms with Gasteiger partial charge in [0.05, 0.1) is 0 Å². The molecule has 1 amide bonds. The summed E-state index contributed by atoms with van der Waals surface area (Å²) >= 11 is 0. The summed E-state index contributed by atoms with van der Waals surface area (Å²) in [6.45, 7) is 11.6. The van der Waals surface area contributed by atoms with Crippen LogP contribution in [-0.4, -0.2) is 25.0 Å². The van der Waals surface area contributed by atoms with E-state index in [1.54, 1.807) is 0 Å². The van der Waals surface area contributed by atoms with E-state index in [-0.39, 0.29) is 22.3 Å². The molecule has 1 saturated heterocycles. The summed E-state index contributed by atoms with van der Waals surface area (Å²) < 4.78 is 0. The van der Waals surface area contributed by atoms with E-state index >= 15 is 0 Å². The Bertz CT molecular complexity index is 758. The molecular weight excluding hydrogens is 380 g/mol. The Morgan fingerprint density at radius 3 is 2.48 bits per heavy atom. The van der Waals surface area contributed by atoms with Crippen LogP contribution in [-0.2, 0) is 10.2 Å². The van der Waals surface area contributed by atoms with Crippen molar-refractivity contribution in [3.8, 4) is 0 Å². The van der Waals surface area contributed by atoms with Gasteiger partial charge in [-0.1, -0.05) is 57.5 Å². The molecule has 2 aliphatic carbocycles. The van der Waals surface area contributed by atoms with Crippen molar-refractivity contribution in [3.05, 3.63) is 35.9 Å². The van der Waals surface area contributed by atoms with E-state index < -0.39 is 0 Å². The molecule has 2 saturated carbocycles. The van der Waals surface area contributed by atoms with Gasteiger partial charge in [-0.15, -0.1) is 0 Å². The molecule has 4 rings (SSSR count). The highest BCUT2D eigenvalue weighted by Crippen LogP contribution is 2.62. The second kappa shape index (κ2) is 8.89. The monoisotopic (exact) mass is 424 g/mol. The molecule has 31 heavy (non-hydrogen) atoms. The van der Waals surface area contributed by atoms with E-state index in [1.165, 1.54) is 44.1 Å². The number of benzene rings is 1. The SMILES string of the molecule is CCC12CC(CC(C)(C(=O)NC(C)CC3CCNCC3)C1)C[C@](C)(c1ccccc1)C2.